The number of anilines is 3. The molecule has 0 aliphatic carbocycles. The summed E-state index contributed by atoms with van der Waals surface area (Å²) in [5.74, 6) is 0.982. The van der Waals surface area contributed by atoms with Crippen LogP contribution in [0.2, 0.25) is 0 Å². The van der Waals surface area contributed by atoms with Crippen LogP contribution in [0.4, 0.5) is 21.7 Å². The number of imidazole rings is 1. The van der Waals surface area contributed by atoms with E-state index in [2.05, 4.69) is 25.5 Å². The summed E-state index contributed by atoms with van der Waals surface area (Å²) in [6, 6.07) is 8.50. The van der Waals surface area contributed by atoms with Gasteiger partial charge in [0.25, 0.3) is 0 Å². The molecule has 0 bridgehead atoms. The molecule has 0 radical (unpaired) electrons. The first kappa shape index (κ1) is 18.8. The van der Waals surface area contributed by atoms with Gasteiger partial charge in [-0.25, -0.2) is 19.3 Å². The van der Waals surface area contributed by atoms with Crippen LogP contribution in [0.15, 0.2) is 42.9 Å². The van der Waals surface area contributed by atoms with Crippen molar-refractivity contribution in [1.29, 1.82) is 0 Å². The molecule has 156 valence electrons. The molecule has 5 rings (SSSR count). The second-order valence-electron chi connectivity index (χ2n) is 7.34. The molecule has 6 N–H and O–H groups in total. The smallest absolute Gasteiger partial charge is 0.155 e. The number of nitrogens with one attached hydrogen (secondary N) is 2. The Morgan fingerprint density at radius 2 is 2.00 bits per heavy atom. The summed E-state index contributed by atoms with van der Waals surface area (Å²) in [6.07, 6.45) is 3.04. The van der Waals surface area contributed by atoms with E-state index in [0.717, 1.165) is 16.5 Å². The van der Waals surface area contributed by atoms with Crippen LogP contribution < -0.4 is 16.8 Å². The van der Waals surface area contributed by atoms with Crippen LogP contribution in [0.3, 0.4) is 0 Å². The third kappa shape index (κ3) is 2.91. The zero-order valence-electron chi connectivity index (χ0n) is 16.9. The average Bonchev–Trinajstić information content (AvgIpc) is 3.36. The maximum Gasteiger partial charge on any atom is 0.155 e. The molecule has 0 unspecified atom stereocenters. The van der Waals surface area contributed by atoms with Crippen LogP contribution in [0.25, 0.3) is 33.1 Å². The quantitative estimate of drug-likeness (QED) is 0.352. The van der Waals surface area contributed by atoms with Gasteiger partial charge in [0.2, 0.25) is 0 Å². The minimum Gasteiger partial charge on any atom is -0.393 e. The summed E-state index contributed by atoms with van der Waals surface area (Å²) < 4.78 is 17.0. The highest BCUT2D eigenvalue weighted by Gasteiger charge is 2.22. The molecule has 31 heavy (non-hydrogen) atoms. The fourth-order valence-electron chi connectivity index (χ4n) is 3.92. The predicted molar refractivity (Wildman–Crippen MR) is 119 cm³/mol. The largest absolute Gasteiger partial charge is 0.393 e. The van der Waals surface area contributed by atoms with E-state index >= 15 is 4.39 Å². The van der Waals surface area contributed by atoms with Crippen molar-refractivity contribution in [3.63, 3.8) is 0 Å². The number of rotatable bonds is 4. The molecule has 0 fully saturated rings. The Bertz CT molecular complexity index is 1440. The van der Waals surface area contributed by atoms with Crippen molar-refractivity contribution in [2.75, 3.05) is 16.8 Å². The van der Waals surface area contributed by atoms with Crippen LogP contribution in [-0.4, -0.2) is 29.7 Å². The summed E-state index contributed by atoms with van der Waals surface area (Å²) in [5, 5.41) is 11.1. The van der Waals surface area contributed by atoms with Crippen molar-refractivity contribution < 1.29 is 4.39 Å². The topological polar surface area (TPSA) is 136 Å². The first-order valence-corrected chi connectivity index (χ1v) is 9.65. The van der Waals surface area contributed by atoms with Crippen LogP contribution in [0.1, 0.15) is 18.8 Å². The second-order valence-corrected chi connectivity index (χ2v) is 7.34. The van der Waals surface area contributed by atoms with Crippen LogP contribution in [0, 0.1) is 5.82 Å². The van der Waals surface area contributed by atoms with Gasteiger partial charge >= 0.3 is 0 Å². The lowest BCUT2D eigenvalue weighted by molar-refractivity contribution is 0.632. The van der Waals surface area contributed by atoms with E-state index in [0.29, 0.717) is 28.2 Å². The Balaban J connectivity index is 1.66. The summed E-state index contributed by atoms with van der Waals surface area (Å²) in [6.45, 7) is 1.92. The summed E-state index contributed by atoms with van der Waals surface area (Å²) in [5.41, 5.74) is 15.5. The van der Waals surface area contributed by atoms with E-state index in [1.807, 2.05) is 36.7 Å². The zero-order valence-corrected chi connectivity index (χ0v) is 16.9. The second kappa shape index (κ2) is 6.94. The van der Waals surface area contributed by atoms with Gasteiger partial charge in [0.1, 0.15) is 23.7 Å². The Kier molecular flexibility index (Phi) is 4.21. The number of aromatic nitrogens is 6. The van der Waals surface area contributed by atoms with Gasteiger partial charge in [0.15, 0.2) is 11.6 Å². The average molecular weight is 417 g/mol. The maximum atomic E-state index is 15.1. The predicted octanol–water partition coefficient (Wildman–Crippen LogP) is 3.38. The number of nitrogens with two attached hydrogens (primary N) is 2. The van der Waals surface area contributed by atoms with Crippen LogP contribution >= 0.6 is 0 Å². The van der Waals surface area contributed by atoms with Crippen molar-refractivity contribution in [2.24, 2.45) is 7.05 Å². The van der Waals surface area contributed by atoms with E-state index in [1.54, 1.807) is 12.3 Å². The first-order chi connectivity index (χ1) is 15.0. The van der Waals surface area contributed by atoms with Gasteiger partial charge < -0.3 is 21.4 Å². The minimum absolute atomic E-state index is 0.201. The molecule has 10 heteroatoms. The van der Waals surface area contributed by atoms with E-state index in [4.69, 9.17) is 16.5 Å². The van der Waals surface area contributed by atoms with Gasteiger partial charge in [-0.3, -0.25) is 5.10 Å². The van der Waals surface area contributed by atoms with Crippen molar-refractivity contribution in [3.05, 3.63) is 54.5 Å². The number of nitrogens with zero attached hydrogens (tertiary/aromatic N) is 5. The number of aromatic amines is 1. The Morgan fingerprint density at radius 1 is 1.16 bits per heavy atom. The molecular formula is C21H20FN9. The van der Waals surface area contributed by atoms with Crippen LogP contribution in [0.5, 0.6) is 0 Å². The molecule has 0 amide bonds. The number of halogens is 1. The van der Waals surface area contributed by atoms with Gasteiger partial charge in [-0.05, 0) is 30.7 Å². The van der Waals surface area contributed by atoms with Crippen molar-refractivity contribution in [1.82, 2.24) is 29.7 Å². The third-order valence-electron chi connectivity index (χ3n) is 5.43. The van der Waals surface area contributed by atoms with Gasteiger partial charge in [0.05, 0.1) is 28.8 Å². The lowest BCUT2D eigenvalue weighted by atomic mass is 10.00. The molecule has 5 aromatic rings. The number of hydrogen-bond donors (Lipinski definition) is 4. The number of aryl methyl sites for hydroxylation is 1. The molecular weight excluding hydrogens is 397 g/mol. The standard InChI is InChI=1S/C21H20FN9/c1-10(28-20-17(23)19(24)25-9-26-20)21-29-15-7-6-13(22)16(18(15)31(21)2)11-4-3-5-14-12(11)8-27-30-14/h3-10H,23H2,1-2H3,(H,27,30)(H3,24,25,26,28)/t10-/m0/s1. The zero-order chi connectivity index (χ0) is 21.7. The molecule has 0 saturated carbocycles. The molecule has 0 aliphatic rings. The normalized spacial score (nSPS) is 12.5. The Morgan fingerprint density at radius 3 is 2.84 bits per heavy atom. The number of benzene rings is 2. The highest BCUT2D eigenvalue weighted by Crippen LogP contribution is 2.36. The molecule has 0 spiro atoms. The van der Waals surface area contributed by atoms with E-state index < -0.39 is 0 Å². The Labute approximate surface area is 176 Å². The molecule has 0 aliphatic heterocycles. The molecule has 2 aromatic carbocycles. The minimum atomic E-state index is -0.329. The molecule has 0 saturated heterocycles. The van der Waals surface area contributed by atoms with Gasteiger partial charge in [-0.15, -0.1) is 0 Å². The number of nitrogen functional groups attached to an aromatic ring is 2. The fourth-order valence-corrected chi connectivity index (χ4v) is 3.92. The maximum absolute atomic E-state index is 15.1. The highest BCUT2D eigenvalue weighted by molar-refractivity contribution is 6.02. The van der Waals surface area contributed by atoms with Crippen molar-refractivity contribution >= 4 is 39.3 Å². The van der Waals surface area contributed by atoms with E-state index in [9.17, 15) is 0 Å². The van der Waals surface area contributed by atoms with E-state index in [-0.39, 0.29) is 23.4 Å². The number of fused-ring (bicyclic) bond motifs is 2. The Hall–Kier alpha value is -4.21. The number of hydrogen-bond acceptors (Lipinski definition) is 7. The number of H-pyrrole nitrogens is 1. The van der Waals surface area contributed by atoms with E-state index in [1.165, 1.54) is 12.4 Å². The first-order valence-electron chi connectivity index (χ1n) is 9.65. The highest BCUT2D eigenvalue weighted by atomic mass is 19.1. The summed E-state index contributed by atoms with van der Waals surface area (Å²) in [7, 11) is 1.86. The SMILES string of the molecule is C[C@H](Nc1ncnc(N)c1N)c1nc2ccc(F)c(-c3cccc4[nH]ncc34)c2n1C. The molecule has 3 aromatic heterocycles. The van der Waals surface area contributed by atoms with Gasteiger partial charge in [0, 0.05) is 18.0 Å². The summed E-state index contributed by atoms with van der Waals surface area (Å²) in [4.78, 5) is 12.8. The van der Waals surface area contributed by atoms with Crippen LogP contribution in [-0.2, 0) is 7.05 Å². The molecule has 3 heterocycles. The monoisotopic (exact) mass is 417 g/mol. The lowest BCUT2D eigenvalue weighted by Crippen LogP contribution is -2.15. The summed E-state index contributed by atoms with van der Waals surface area (Å²) >= 11 is 0. The third-order valence-corrected chi connectivity index (χ3v) is 5.43. The van der Waals surface area contributed by atoms with Crippen molar-refractivity contribution in [3.8, 4) is 11.1 Å². The fraction of sp³-hybridized carbons (Fsp3) is 0.143. The lowest BCUT2D eigenvalue weighted by Gasteiger charge is -2.16. The van der Waals surface area contributed by atoms with Gasteiger partial charge in [-0.2, -0.15) is 5.10 Å². The molecule has 9 nitrogen and oxygen atoms in total. The van der Waals surface area contributed by atoms with Gasteiger partial charge in [-0.1, -0.05) is 12.1 Å². The van der Waals surface area contributed by atoms with Crippen molar-refractivity contribution in [2.45, 2.75) is 13.0 Å². The molecule has 1 atom stereocenters.